The van der Waals surface area contributed by atoms with Gasteiger partial charge in [0.05, 0.1) is 6.54 Å². The normalized spacial score (nSPS) is 11.4. The largest absolute Gasteiger partial charge is 0.862 e. The molecule has 0 spiro atoms. The van der Waals surface area contributed by atoms with E-state index in [1.807, 2.05) is 6.08 Å². The summed E-state index contributed by atoms with van der Waals surface area (Å²) in [5.74, 6) is 0.0200. The zero-order valence-electron chi connectivity index (χ0n) is 10.3. The van der Waals surface area contributed by atoms with E-state index in [0.29, 0.717) is 13.0 Å². The average molecular weight is 222 g/mol. The van der Waals surface area contributed by atoms with Gasteiger partial charge in [-0.05, 0) is 31.6 Å². The van der Waals surface area contributed by atoms with Crippen molar-refractivity contribution in [2.45, 2.75) is 51.4 Å². The Hall–Kier alpha value is -1.05. The molecule has 0 rings (SSSR count). The molecule has 0 aliphatic rings. The van der Waals surface area contributed by atoms with Crippen LogP contribution in [0.15, 0.2) is 30.3 Å². The highest BCUT2D eigenvalue weighted by Gasteiger charge is 1.91. The number of hydrogen-bond acceptors (Lipinski definition) is 2. The molecule has 0 aromatic rings. The molecule has 0 unspecified atom stereocenters. The summed E-state index contributed by atoms with van der Waals surface area (Å²) in [7, 11) is 0. The molecule has 0 saturated heterocycles. The molecule has 0 saturated carbocycles. The van der Waals surface area contributed by atoms with Crippen molar-refractivity contribution < 1.29 is 5.11 Å². The fourth-order valence-corrected chi connectivity index (χ4v) is 1.52. The first-order valence-corrected chi connectivity index (χ1v) is 6.23. The van der Waals surface area contributed by atoms with Crippen LogP contribution in [0, 0.1) is 0 Å². The van der Waals surface area contributed by atoms with Gasteiger partial charge in [0.2, 0.25) is 0 Å². The molecule has 0 radical (unpaired) electrons. The second-order valence-corrected chi connectivity index (χ2v) is 3.97. The van der Waals surface area contributed by atoms with Crippen molar-refractivity contribution in [3.05, 3.63) is 25.3 Å². The van der Waals surface area contributed by atoms with E-state index >= 15 is 0 Å². The SMILES string of the molecule is C=CCCCCCCCCC([O-])=NCC=C. The Bertz CT molecular complexity index is 209. The Morgan fingerprint density at radius 2 is 1.56 bits per heavy atom. The van der Waals surface area contributed by atoms with Crippen LogP contribution in [0.3, 0.4) is 0 Å². The lowest BCUT2D eigenvalue weighted by Gasteiger charge is -2.09. The van der Waals surface area contributed by atoms with Crippen LogP contribution in [-0.2, 0) is 0 Å². The van der Waals surface area contributed by atoms with Crippen molar-refractivity contribution in [3.63, 3.8) is 0 Å². The average Bonchev–Trinajstić information content (AvgIpc) is 2.30. The van der Waals surface area contributed by atoms with Crippen LogP contribution in [-0.4, -0.2) is 12.4 Å². The Labute approximate surface area is 99.8 Å². The van der Waals surface area contributed by atoms with Crippen molar-refractivity contribution in [1.29, 1.82) is 0 Å². The quantitative estimate of drug-likeness (QED) is 0.229. The van der Waals surface area contributed by atoms with E-state index in [2.05, 4.69) is 18.2 Å². The Morgan fingerprint density at radius 3 is 2.19 bits per heavy atom. The summed E-state index contributed by atoms with van der Waals surface area (Å²) in [6.07, 6.45) is 12.5. The molecule has 16 heavy (non-hydrogen) atoms. The molecule has 2 nitrogen and oxygen atoms in total. The molecule has 0 heterocycles. The zero-order chi connectivity index (χ0) is 12.1. The Morgan fingerprint density at radius 1 is 0.938 bits per heavy atom. The third-order valence-electron chi connectivity index (χ3n) is 2.45. The number of unbranched alkanes of at least 4 members (excludes halogenated alkanes) is 6. The van der Waals surface area contributed by atoms with Gasteiger partial charge < -0.3 is 10.1 Å². The molecule has 0 aliphatic heterocycles. The highest BCUT2D eigenvalue weighted by atomic mass is 16.3. The predicted molar refractivity (Wildman–Crippen MR) is 69.6 cm³/mol. The van der Waals surface area contributed by atoms with Gasteiger partial charge in [-0.15, -0.1) is 13.2 Å². The maximum Gasteiger partial charge on any atom is 0.0556 e. The van der Waals surface area contributed by atoms with Crippen LogP contribution in [0.4, 0.5) is 0 Å². The predicted octanol–water partition coefficient (Wildman–Crippen LogP) is 3.24. The van der Waals surface area contributed by atoms with Crippen LogP contribution >= 0.6 is 0 Å². The van der Waals surface area contributed by atoms with Gasteiger partial charge in [0.25, 0.3) is 0 Å². The number of nitrogens with zero attached hydrogens (tertiary/aromatic N) is 1. The van der Waals surface area contributed by atoms with Crippen molar-refractivity contribution in [1.82, 2.24) is 0 Å². The summed E-state index contributed by atoms with van der Waals surface area (Å²) in [5.41, 5.74) is 0. The number of allylic oxidation sites excluding steroid dienone is 1. The third-order valence-corrected chi connectivity index (χ3v) is 2.45. The van der Waals surface area contributed by atoms with E-state index in [0.717, 1.165) is 19.3 Å². The lowest BCUT2D eigenvalue weighted by molar-refractivity contribution is -0.219. The van der Waals surface area contributed by atoms with Gasteiger partial charge in [-0.1, -0.05) is 37.8 Å². The Kier molecular flexibility index (Phi) is 11.2. The molecule has 0 amide bonds. The van der Waals surface area contributed by atoms with Gasteiger partial charge in [-0.3, -0.25) is 0 Å². The fraction of sp³-hybridized carbons (Fsp3) is 0.643. The first-order chi connectivity index (χ1) is 7.81. The van der Waals surface area contributed by atoms with Crippen LogP contribution in [0.2, 0.25) is 0 Å². The molecule has 92 valence electrons. The van der Waals surface area contributed by atoms with Gasteiger partial charge in [0, 0.05) is 0 Å². The minimum atomic E-state index is 0.0200. The van der Waals surface area contributed by atoms with E-state index in [-0.39, 0.29) is 5.90 Å². The van der Waals surface area contributed by atoms with E-state index in [9.17, 15) is 5.11 Å². The molecule has 0 aromatic carbocycles. The first-order valence-electron chi connectivity index (χ1n) is 6.23. The summed E-state index contributed by atoms with van der Waals surface area (Å²) in [4.78, 5) is 3.83. The third kappa shape index (κ3) is 11.0. The molecule has 0 aromatic heterocycles. The minimum Gasteiger partial charge on any atom is -0.862 e. The molecular formula is C14H24NO-. The topological polar surface area (TPSA) is 35.4 Å². The fourth-order valence-electron chi connectivity index (χ4n) is 1.52. The highest BCUT2D eigenvalue weighted by molar-refractivity contribution is 5.71. The van der Waals surface area contributed by atoms with E-state index in [1.54, 1.807) is 6.08 Å². The Balaban J connectivity index is 3.20. The van der Waals surface area contributed by atoms with Crippen molar-refractivity contribution >= 4 is 5.90 Å². The van der Waals surface area contributed by atoms with Crippen LogP contribution in [0.1, 0.15) is 51.4 Å². The van der Waals surface area contributed by atoms with Crippen LogP contribution < -0.4 is 5.11 Å². The first kappa shape index (κ1) is 14.9. The molecule has 0 fully saturated rings. The van der Waals surface area contributed by atoms with Gasteiger partial charge in [-0.25, -0.2) is 0 Å². The van der Waals surface area contributed by atoms with E-state index in [4.69, 9.17) is 0 Å². The van der Waals surface area contributed by atoms with E-state index < -0.39 is 0 Å². The molecule has 0 aliphatic carbocycles. The lowest BCUT2D eigenvalue weighted by Crippen LogP contribution is -2.17. The maximum absolute atomic E-state index is 11.2. The molecule has 0 N–H and O–H groups in total. The standard InChI is InChI=1S/C14H25NO/c1-3-5-6-7-8-9-10-11-12-14(16)15-13-4-2/h3-4H,1-2,5-13H2,(H,15,16)/p-1. The van der Waals surface area contributed by atoms with Gasteiger partial charge >= 0.3 is 0 Å². The summed E-state index contributed by atoms with van der Waals surface area (Å²) >= 11 is 0. The molecule has 2 heteroatoms. The summed E-state index contributed by atoms with van der Waals surface area (Å²) < 4.78 is 0. The molecule has 0 atom stereocenters. The summed E-state index contributed by atoms with van der Waals surface area (Å²) in [6, 6.07) is 0. The van der Waals surface area contributed by atoms with Gasteiger partial charge in [0.1, 0.15) is 0 Å². The maximum atomic E-state index is 11.2. The van der Waals surface area contributed by atoms with E-state index in [1.165, 1.54) is 25.7 Å². The number of rotatable bonds is 11. The van der Waals surface area contributed by atoms with Crippen LogP contribution in [0.5, 0.6) is 0 Å². The number of aliphatic imine (C=N–C) groups is 1. The zero-order valence-corrected chi connectivity index (χ0v) is 10.3. The second kappa shape index (κ2) is 12.0. The van der Waals surface area contributed by atoms with Crippen LogP contribution in [0.25, 0.3) is 0 Å². The van der Waals surface area contributed by atoms with Crippen molar-refractivity contribution in [3.8, 4) is 0 Å². The second-order valence-electron chi connectivity index (χ2n) is 3.97. The summed E-state index contributed by atoms with van der Waals surface area (Å²) in [6.45, 7) is 7.68. The highest BCUT2D eigenvalue weighted by Crippen LogP contribution is 2.08. The van der Waals surface area contributed by atoms with Gasteiger partial charge in [-0.2, -0.15) is 0 Å². The van der Waals surface area contributed by atoms with Crippen molar-refractivity contribution in [2.24, 2.45) is 4.99 Å². The molecule has 0 bridgehead atoms. The monoisotopic (exact) mass is 222 g/mol. The van der Waals surface area contributed by atoms with Gasteiger partial charge in [0.15, 0.2) is 0 Å². The smallest absolute Gasteiger partial charge is 0.0556 e. The molecular weight excluding hydrogens is 198 g/mol. The minimum absolute atomic E-state index is 0.0200. The number of hydrogen-bond donors (Lipinski definition) is 0. The van der Waals surface area contributed by atoms with Crippen molar-refractivity contribution in [2.75, 3.05) is 6.54 Å². The summed E-state index contributed by atoms with van der Waals surface area (Å²) in [5, 5.41) is 11.2. The lowest BCUT2D eigenvalue weighted by atomic mass is 10.1.